The van der Waals surface area contributed by atoms with Gasteiger partial charge in [0.1, 0.15) is 11.5 Å². The number of thiophene rings is 1. The number of carbonyl (C=O) groups excluding carboxylic acids is 2. The Morgan fingerprint density at radius 2 is 1.45 bits per heavy atom. The summed E-state index contributed by atoms with van der Waals surface area (Å²) in [5.74, 6) is 6.80. The van der Waals surface area contributed by atoms with Crippen LogP contribution in [0.5, 0.6) is 11.5 Å². The van der Waals surface area contributed by atoms with Crippen LogP contribution in [0.2, 0.25) is 0 Å². The van der Waals surface area contributed by atoms with Gasteiger partial charge in [-0.2, -0.15) is 0 Å². The highest BCUT2D eigenvalue weighted by molar-refractivity contribution is 7.10. The molecule has 0 fully saturated rings. The Morgan fingerprint density at radius 3 is 2.16 bits per heavy atom. The van der Waals surface area contributed by atoms with Crippen LogP contribution in [0.3, 0.4) is 0 Å². The topological polar surface area (TPSA) is 91.3 Å². The molecule has 0 aliphatic heterocycles. The van der Waals surface area contributed by atoms with Crippen molar-refractivity contribution in [3.63, 3.8) is 0 Å². The summed E-state index contributed by atoms with van der Waals surface area (Å²) in [4.78, 5) is 35.7. The van der Waals surface area contributed by atoms with Gasteiger partial charge in [-0.15, -0.1) is 11.3 Å². The summed E-state index contributed by atoms with van der Waals surface area (Å²) in [6, 6.07) is 13.8. The maximum Gasteiger partial charge on any atom is 0.298 e. The summed E-state index contributed by atoms with van der Waals surface area (Å²) >= 11 is 1.56. The van der Waals surface area contributed by atoms with Gasteiger partial charge in [0, 0.05) is 36.2 Å². The number of ether oxygens (including phenoxy) is 2. The smallest absolute Gasteiger partial charge is 0.298 e. The molecule has 0 aromatic carbocycles. The van der Waals surface area contributed by atoms with E-state index in [-0.39, 0.29) is 5.75 Å². The van der Waals surface area contributed by atoms with Gasteiger partial charge < -0.3 is 9.47 Å². The average Bonchev–Trinajstić information content (AvgIpc) is 3.32. The fraction of sp³-hybridized carbons (Fsp3) is 0. The lowest BCUT2D eigenvalue weighted by molar-refractivity contribution is -0.121. The predicted molar refractivity (Wildman–Crippen MR) is 114 cm³/mol. The molecule has 0 unspecified atom stereocenters. The summed E-state index contributed by atoms with van der Waals surface area (Å²) in [6.45, 7) is 0.662. The van der Waals surface area contributed by atoms with E-state index < -0.39 is 0 Å². The van der Waals surface area contributed by atoms with Crippen molar-refractivity contribution in [3.05, 3.63) is 76.7 Å². The zero-order valence-electron chi connectivity index (χ0n) is 15.9. The molecule has 150 valence electrons. The quantitative estimate of drug-likeness (QED) is 0.342. The zero-order valence-corrected chi connectivity index (χ0v) is 16.7. The van der Waals surface area contributed by atoms with Gasteiger partial charge in [-0.1, -0.05) is 17.9 Å². The number of hydrogen-bond acceptors (Lipinski definition) is 8. The number of pyridine rings is 3. The highest BCUT2D eigenvalue weighted by Gasteiger charge is 2.11. The highest BCUT2D eigenvalue weighted by Crippen LogP contribution is 2.28. The largest absolute Gasteiger partial charge is 0.429 e. The van der Waals surface area contributed by atoms with Crippen LogP contribution >= 0.6 is 11.3 Å². The second-order valence-corrected chi connectivity index (χ2v) is 6.98. The fourth-order valence-electron chi connectivity index (χ4n) is 2.70. The number of hydrogen-bond donors (Lipinski definition) is 0. The SMILES string of the molecule is O=COc1ccnc(-c2cc(OC=O)cc(-c3cc(C#Cc4cccs4)ccn3)n2)c1. The van der Waals surface area contributed by atoms with Gasteiger partial charge >= 0.3 is 0 Å². The zero-order chi connectivity index (χ0) is 21.5. The van der Waals surface area contributed by atoms with Crippen LogP contribution in [0.1, 0.15) is 10.4 Å². The first kappa shape index (κ1) is 19.9. The molecule has 0 aliphatic rings. The molecule has 0 radical (unpaired) electrons. The molecule has 0 saturated carbocycles. The Kier molecular flexibility index (Phi) is 6.07. The van der Waals surface area contributed by atoms with Crippen molar-refractivity contribution in [2.45, 2.75) is 0 Å². The van der Waals surface area contributed by atoms with Crippen LogP contribution in [0, 0.1) is 11.8 Å². The van der Waals surface area contributed by atoms with Gasteiger partial charge in [0.05, 0.1) is 27.7 Å². The molecule has 0 amide bonds. The first-order valence-electron chi connectivity index (χ1n) is 8.96. The molecular weight excluding hydrogens is 414 g/mol. The summed E-state index contributed by atoms with van der Waals surface area (Å²) in [5, 5.41) is 1.97. The molecule has 0 atom stereocenters. The molecular formula is C23H13N3O4S. The Balaban J connectivity index is 1.74. The molecule has 0 bridgehead atoms. The Hall–Kier alpha value is -4.35. The molecule has 4 aromatic rings. The van der Waals surface area contributed by atoms with Crippen LogP contribution < -0.4 is 9.47 Å². The second-order valence-electron chi connectivity index (χ2n) is 6.04. The summed E-state index contributed by atoms with van der Waals surface area (Å²) in [5.41, 5.74) is 2.64. The first-order valence-corrected chi connectivity index (χ1v) is 9.84. The van der Waals surface area contributed by atoms with Gasteiger partial charge in [0.25, 0.3) is 12.9 Å². The van der Waals surface area contributed by atoms with Crippen LogP contribution in [-0.2, 0) is 9.59 Å². The fourth-order valence-corrected chi connectivity index (χ4v) is 3.27. The Labute approximate surface area is 181 Å². The van der Waals surface area contributed by atoms with Crippen molar-refractivity contribution in [2.75, 3.05) is 0 Å². The summed E-state index contributed by atoms with van der Waals surface area (Å²) in [7, 11) is 0. The highest BCUT2D eigenvalue weighted by atomic mass is 32.1. The number of rotatable bonds is 6. The predicted octanol–water partition coefficient (Wildman–Crippen LogP) is 3.74. The minimum absolute atomic E-state index is 0.274. The third-order valence-electron chi connectivity index (χ3n) is 4.03. The molecule has 0 aliphatic carbocycles. The molecule has 4 heterocycles. The number of nitrogens with zero attached hydrogens (tertiary/aromatic N) is 3. The summed E-state index contributed by atoms with van der Waals surface area (Å²) in [6.07, 6.45) is 3.13. The van der Waals surface area contributed by atoms with Crippen molar-refractivity contribution < 1.29 is 19.1 Å². The lowest BCUT2D eigenvalue weighted by Crippen LogP contribution is -1.97. The Bertz CT molecular complexity index is 1290. The maximum atomic E-state index is 10.9. The van der Waals surface area contributed by atoms with Crippen LogP contribution in [0.4, 0.5) is 0 Å². The number of carbonyl (C=O) groups is 2. The minimum atomic E-state index is 0.274. The van der Waals surface area contributed by atoms with Crippen molar-refractivity contribution in [1.29, 1.82) is 0 Å². The first-order chi connectivity index (χ1) is 15.2. The normalized spacial score (nSPS) is 9.94. The molecule has 8 heteroatoms. The molecule has 4 aromatic heterocycles. The number of aromatic nitrogens is 3. The lowest BCUT2D eigenvalue weighted by atomic mass is 10.1. The lowest BCUT2D eigenvalue weighted by Gasteiger charge is -2.08. The van der Waals surface area contributed by atoms with E-state index in [1.54, 1.807) is 53.9 Å². The molecule has 0 N–H and O–H groups in total. The van der Waals surface area contributed by atoms with E-state index >= 15 is 0 Å². The van der Waals surface area contributed by atoms with Gasteiger partial charge in [-0.25, -0.2) is 4.98 Å². The standard InChI is InChI=1S/C23H13N3O4S/c27-14-29-17-6-8-25-21(11-17)23-13-18(30-15-28)12-22(26-23)20-10-16(5-7-24-20)3-4-19-2-1-9-31-19/h1-2,5-15H. The monoisotopic (exact) mass is 427 g/mol. The maximum absolute atomic E-state index is 10.9. The van der Waals surface area contributed by atoms with Crippen molar-refractivity contribution in [1.82, 2.24) is 15.0 Å². The van der Waals surface area contributed by atoms with Gasteiger partial charge in [-0.05, 0) is 29.6 Å². The van der Waals surface area contributed by atoms with Gasteiger partial charge in [-0.3, -0.25) is 19.6 Å². The van der Waals surface area contributed by atoms with Crippen LogP contribution in [0.25, 0.3) is 22.8 Å². The van der Waals surface area contributed by atoms with E-state index in [4.69, 9.17) is 9.47 Å². The third kappa shape index (κ3) is 4.98. The average molecular weight is 427 g/mol. The molecule has 0 spiro atoms. The van der Waals surface area contributed by atoms with Crippen molar-refractivity contribution in [2.24, 2.45) is 0 Å². The van der Waals surface area contributed by atoms with E-state index in [1.165, 1.54) is 6.20 Å². The second kappa shape index (κ2) is 9.43. The van der Waals surface area contributed by atoms with Gasteiger partial charge in [0.2, 0.25) is 0 Å². The van der Waals surface area contributed by atoms with Crippen LogP contribution in [0.15, 0.2) is 66.3 Å². The van der Waals surface area contributed by atoms with E-state index in [9.17, 15) is 9.59 Å². The third-order valence-corrected chi connectivity index (χ3v) is 4.82. The van der Waals surface area contributed by atoms with E-state index in [0.29, 0.717) is 41.5 Å². The van der Waals surface area contributed by atoms with Crippen molar-refractivity contribution >= 4 is 24.3 Å². The Morgan fingerprint density at radius 1 is 0.774 bits per heavy atom. The molecule has 31 heavy (non-hydrogen) atoms. The van der Waals surface area contributed by atoms with Crippen molar-refractivity contribution in [3.8, 4) is 46.1 Å². The minimum Gasteiger partial charge on any atom is -0.429 e. The van der Waals surface area contributed by atoms with E-state index in [0.717, 1.165) is 10.4 Å². The molecule has 0 saturated heterocycles. The van der Waals surface area contributed by atoms with E-state index in [2.05, 4.69) is 26.8 Å². The van der Waals surface area contributed by atoms with E-state index in [1.807, 2.05) is 17.5 Å². The molecule has 7 nitrogen and oxygen atoms in total. The summed E-state index contributed by atoms with van der Waals surface area (Å²) < 4.78 is 9.92. The molecule has 4 rings (SSSR count). The van der Waals surface area contributed by atoms with Gasteiger partial charge in [0.15, 0.2) is 0 Å². The van der Waals surface area contributed by atoms with Crippen LogP contribution in [-0.4, -0.2) is 27.9 Å².